The summed E-state index contributed by atoms with van der Waals surface area (Å²) < 4.78 is 12.2. The maximum absolute atomic E-state index is 13.4. The normalized spacial score (nSPS) is 20.2. The van der Waals surface area contributed by atoms with Crippen molar-refractivity contribution in [3.63, 3.8) is 0 Å². The van der Waals surface area contributed by atoms with Crippen LogP contribution in [0.3, 0.4) is 0 Å². The molecule has 0 aliphatic carbocycles. The fourth-order valence-corrected chi connectivity index (χ4v) is 12.9. The van der Waals surface area contributed by atoms with Crippen molar-refractivity contribution in [1.82, 2.24) is 31.9 Å². The van der Waals surface area contributed by atoms with Gasteiger partial charge in [0.15, 0.2) is 11.9 Å². The number of anilines is 2. The van der Waals surface area contributed by atoms with Crippen molar-refractivity contribution in [2.75, 3.05) is 74.7 Å². The van der Waals surface area contributed by atoms with Crippen LogP contribution in [0.25, 0.3) is 0 Å². The second kappa shape index (κ2) is 32.7. The van der Waals surface area contributed by atoms with Crippen LogP contribution >= 0.6 is 46.1 Å². The highest BCUT2D eigenvalue weighted by atomic mass is 127. The minimum Gasteiger partial charge on any atom is -0.377 e. The SMILES string of the molecule is NC1=N[C@H]2[C@H](CS[C@H]2CCCCC(=O)NCCCCCC(=O)Nc2cc(NC(=O)CCCCCNC(=O)CCCC[C@@H]3SC[C@@H]4NC(N)=N[C@@H]43)cc(C(=O)NCCOCCOCCNC(=O)c3cccc(I)c3)c2)N1. The number of benzene rings is 2. The smallest absolute Gasteiger partial charge is 0.251 e. The zero-order valence-corrected chi connectivity index (χ0v) is 46.7. The Balaban J connectivity index is 0.849. The number of hydrogen-bond donors (Lipinski definition) is 10. The van der Waals surface area contributed by atoms with E-state index >= 15 is 0 Å². The van der Waals surface area contributed by atoms with Crippen molar-refractivity contribution in [3.05, 3.63) is 57.2 Å². The molecule has 0 bridgehead atoms. The van der Waals surface area contributed by atoms with Crippen LogP contribution in [0.5, 0.6) is 0 Å². The first-order chi connectivity index (χ1) is 36.4. The van der Waals surface area contributed by atoms with Crippen molar-refractivity contribution in [3.8, 4) is 0 Å². The number of hydrogen-bond acceptors (Lipinski definition) is 16. The fourth-order valence-electron chi connectivity index (χ4n) is 9.30. The van der Waals surface area contributed by atoms with Crippen LogP contribution in [0.4, 0.5) is 11.4 Å². The van der Waals surface area contributed by atoms with Crippen LogP contribution in [-0.4, -0.2) is 146 Å². The summed E-state index contributed by atoms with van der Waals surface area (Å²) in [6, 6.07) is 13.2. The number of nitrogens with one attached hydrogen (secondary N) is 8. The lowest BCUT2D eigenvalue weighted by Crippen LogP contribution is -2.38. The van der Waals surface area contributed by atoms with Crippen LogP contribution in [0.15, 0.2) is 52.4 Å². The van der Waals surface area contributed by atoms with E-state index in [0.717, 1.165) is 79.3 Å². The van der Waals surface area contributed by atoms with Crippen molar-refractivity contribution >= 4 is 105 Å². The van der Waals surface area contributed by atoms with E-state index in [1.54, 1.807) is 24.3 Å². The van der Waals surface area contributed by atoms with E-state index < -0.39 is 5.91 Å². The summed E-state index contributed by atoms with van der Waals surface area (Å²) >= 11 is 6.01. The van der Waals surface area contributed by atoms with Crippen molar-refractivity contribution < 1.29 is 38.2 Å². The van der Waals surface area contributed by atoms with E-state index in [1.165, 1.54) is 0 Å². The molecule has 0 unspecified atom stereocenters. The number of unbranched alkanes of at least 4 members (excludes halogenated alkanes) is 6. The molecule has 6 amide bonds. The van der Waals surface area contributed by atoms with E-state index in [4.69, 9.17) is 20.9 Å². The molecule has 0 radical (unpaired) electrons. The number of carbonyl (C=O) groups excluding carboxylic acids is 6. The Kier molecular flexibility index (Phi) is 25.9. The van der Waals surface area contributed by atoms with Gasteiger partial charge >= 0.3 is 0 Å². The molecule has 75 heavy (non-hydrogen) atoms. The molecular formula is C52H77IN12O8S2. The lowest BCUT2D eigenvalue weighted by molar-refractivity contribution is -0.122. The number of nitrogens with two attached hydrogens (primary N) is 2. The number of halogens is 1. The average molecular weight is 1190 g/mol. The number of aliphatic imine (C=N–C) groups is 2. The highest BCUT2D eigenvalue weighted by molar-refractivity contribution is 14.1. The van der Waals surface area contributed by atoms with Gasteiger partial charge < -0.3 is 63.5 Å². The average Bonchev–Trinajstić information content (AvgIpc) is 4.16. The number of fused-ring (bicyclic) bond motifs is 2. The van der Waals surface area contributed by atoms with Gasteiger partial charge in [-0.05, 0) is 110 Å². The molecule has 412 valence electrons. The topological polar surface area (TPSA) is 294 Å². The van der Waals surface area contributed by atoms with Crippen molar-refractivity contribution in [2.45, 2.75) is 137 Å². The molecular weight excluding hydrogens is 1110 g/mol. The Labute approximate surface area is 463 Å². The number of thioether (sulfide) groups is 2. The summed E-state index contributed by atoms with van der Waals surface area (Å²) in [7, 11) is 0. The summed E-state index contributed by atoms with van der Waals surface area (Å²) in [6.45, 7) is 2.80. The Morgan fingerprint density at radius 1 is 0.547 bits per heavy atom. The molecule has 4 heterocycles. The van der Waals surface area contributed by atoms with Crippen LogP contribution < -0.4 is 54.0 Å². The second-order valence-electron chi connectivity index (χ2n) is 19.2. The molecule has 6 rings (SSSR count). The first kappa shape index (κ1) is 59.4. The van der Waals surface area contributed by atoms with E-state index in [1.807, 2.05) is 41.7 Å². The molecule has 0 saturated carbocycles. The van der Waals surface area contributed by atoms with Crippen molar-refractivity contribution in [2.24, 2.45) is 21.5 Å². The molecule has 2 saturated heterocycles. The molecule has 2 aromatic rings. The first-order valence-electron chi connectivity index (χ1n) is 26.6. The van der Waals surface area contributed by atoms with Gasteiger partial charge in [0.1, 0.15) is 0 Å². The first-order valence-corrected chi connectivity index (χ1v) is 29.8. The Morgan fingerprint density at radius 2 is 1.01 bits per heavy atom. The number of rotatable bonds is 35. The van der Waals surface area contributed by atoms with E-state index in [2.05, 4.69) is 75.1 Å². The van der Waals surface area contributed by atoms with Gasteiger partial charge in [-0.2, -0.15) is 23.5 Å². The van der Waals surface area contributed by atoms with Gasteiger partial charge in [-0.25, -0.2) is 9.98 Å². The van der Waals surface area contributed by atoms with E-state index in [9.17, 15) is 28.8 Å². The van der Waals surface area contributed by atoms with Crippen LogP contribution in [0, 0.1) is 3.57 Å². The quantitative estimate of drug-likeness (QED) is 0.0339. The second-order valence-corrected chi connectivity index (χ2v) is 23.0. The molecule has 23 heteroatoms. The van der Waals surface area contributed by atoms with Gasteiger partial charge in [0.05, 0.1) is 50.6 Å². The molecule has 4 aliphatic heterocycles. The zero-order valence-electron chi connectivity index (χ0n) is 42.9. The third-order valence-electron chi connectivity index (χ3n) is 13.2. The molecule has 2 fully saturated rings. The maximum Gasteiger partial charge on any atom is 0.251 e. The number of amides is 6. The lowest BCUT2D eigenvalue weighted by Gasteiger charge is -2.14. The Bertz CT molecular complexity index is 2170. The zero-order chi connectivity index (χ0) is 53.2. The largest absolute Gasteiger partial charge is 0.377 e. The van der Waals surface area contributed by atoms with Crippen LogP contribution in [0.1, 0.15) is 123 Å². The predicted octanol–water partition coefficient (Wildman–Crippen LogP) is 4.38. The molecule has 2 aromatic carbocycles. The van der Waals surface area contributed by atoms with Crippen LogP contribution in [-0.2, 0) is 28.7 Å². The van der Waals surface area contributed by atoms with Crippen molar-refractivity contribution in [1.29, 1.82) is 0 Å². The Hall–Kier alpha value is -4.85. The standard InChI is InChI=1S/C52H77IN12O8S2/c53-36-13-11-12-34(28-36)49(70)58-22-24-72-26-27-73-25-23-59-50(71)35-29-37(60-45(68)18-3-1-9-20-56-43(66)16-7-5-14-41-47-39(32-74-41)62-51(54)64-47)31-38(30-35)61-46(69)19-4-2-10-21-57-44(67)17-8-6-15-42-48-40(33-75-42)63-52(55)65-48/h11-13,28-31,39-42,47-48H,1-10,14-27,32-33H2,(H,56,66)(H,57,67)(H,58,70)(H,59,71)(H,60,68)(H,61,69)(H3,54,62,64)(H3,55,63,65)/t39-,40-,41-,42-,47-,48-/m0/s1. The van der Waals surface area contributed by atoms with Gasteiger partial charge in [0, 0.05) is 99.9 Å². The molecule has 6 atom stereocenters. The monoisotopic (exact) mass is 1190 g/mol. The molecule has 20 nitrogen and oxygen atoms in total. The summed E-state index contributed by atoms with van der Waals surface area (Å²) in [5.74, 6) is 2.11. The minimum atomic E-state index is -0.407. The predicted molar refractivity (Wildman–Crippen MR) is 306 cm³/mol. The third-order valence-corrected chi connectivity index (χ3v) is 16.8. The highest BCUT2D eigenvalue weighted by Gasteiger charge is 2.41. The summed E-state index contributed by atoms with van der Waals surface area (Å²) in [5, 5.41) is 24.8. The van der Waals surface area contributed by atoms with E-state index in [0.29, 0.717) is 117 Å². The van der Waals surface area contributed by atoms with E-state index in [-0.39, 0.29) is 73.2 Å². The van der Waals surface area contributed by atoms with Gasteiger partial charge in [-0.15, -0.1) is 0 Å². The molecule has 0 aromatic heterocycles. The summed E-state index contributed by atoms with van der Waals surface area (Å²) in [4.78, 5) is 85.8. The fraction of sp³-hybridized carbons (Fsp3) is 0.615. The maximum atomic E-state index is 13.4. The number of carbonyl (C=O) groups is 6. The lowest BCUT2D eigenvalue weighted by atomic mass is 10.0. The van der Waals surface area contributed by atoms with Crippen LogP contribution in [0.2, 0.25) is 0 Å². The molecule has 0 spiro atoms. The third kappa shape index (κ3) is 21.6. The summed E-state index contributed by atoms with van der Waals surface area (Å²) in [6.07, 6.45) is 11.2. The van der Waals surface area contributed by atoms with Gasteiger partial charge in [0.2, 0.25) is 23.6 Å². The molecule has 12 N–H and O–H groups in total. The summed E-state index contributed by atoms with van der Waals surface area (Å²) in [5.41, 5.74) is 13.3. The van der Waals surface area contributed by atoms with Gasteiger partial charge in [-0.1, -0.05) is 31.7 Å². The number of ether oxygens (including phenoxy) is 2. The molecule has 4 aliphatic rings. The number of guanidine groups is 2. The number of nitrogens with zero attached hydrogens (tertiary/aromatic N) is 2. The minimum absolute atomic E-state index is 0.0349. The van der Waals surface area contributed by atoms with Gasteiger partial charge in [-0.3, -0.25) is 28.8 Å². The highest BCUT2D eigenvalue weighted by Crippen LogP contribution is 2.36. The van der Waals surface area contributed by atoms with Gasteiger partial charge in [0.25, 0.3) is 11.8 Å². The Morgan fingerprint density at radius 3 is 1.51 bits per heavy atom.